The SMILES string of the molecule is [C]1N(Cc2ccccn2)c2ccccc2N1Cc1cn(Cc2ccccc2)nn1. The number of rotatable bonds is 6. The van der Waals surface area contributed by atoms with Gasteiger partial charge in [-0.1, -0.05) is 53.7 Å². The van der Waals surface area contributed by atoms with Crippen LogP contribution in [-0.4, -0.2) is 20.0 Å². The number of para-hydroxylation sites is 2. The van der Waals surface area contributed by atoms with Gasteiger partial charge >= 0.3 is 0 Å². The summed E-state index contributed by atoms with van der Waals surface area (Å²) in [5.41, 5.74) is 5.35. The fourth-order valence-electron chi connectivity index (χ4n) is 3.49. The zero-order chi connectivity index (χ0) is 19.5. The molecule has 0 bridgehead atoms. The van der Waals surface area contributed by atoms with Crippen molar-refractivity contribution >= 4 is 11.4 Å². The van der Waals surface area contributed by atoms with Crippen molar-refractivity contribution in [1.82, 2.24) is 20.0 Å². The second kappa shape index (κ2) is 7.75. The molecule has 0 fully saturated rings. The van der Waals surface area contributed by atoms with Gasteiger partial charge in [-0.05, 0) is 29.8 Å². The Morgan fingerprint density at radius 1 is 0.690 bits per heavy atom. The molecule has 3 heterocycles. The molecule has 0 saturated carbocycles. The molecular weight excluding hydrogens is 360 g/mol. The van der Waals surface area contributed by atoms with Gasteiger partial charge in [0.05, 0.1) is 42.9 Å². The first-order valence-electron chi connectivity index (χ1n) is 9.58. The maximum Gasteiger partial charge on any atom is 0.209 e. The quantitative estimate of drug-likeness (QED) is 0.510. The molecule has 2 aromatic carbocycles. The summed E-state index contributed by atoms with van der Waals surface area (Å²) in [6.45, 7) is 5.47. The van der Waals surface area contributed by atoms with Crippen LogP contribution in [0.1, 0.15) is 17.0 Å². The molecule has 4 aromatic rings. The van der Waals surface area contributed by atoms with Crippen molar-refractivity contribution in [3.63, 3.8) is 0 Å². The Kier molecular flexibility index (Phi) is 4.66. The molecule has 1 aliphatic heterocycles. The maximum atomic E-state index is 4.44. The third kappa shape index (κ3) is 3.82. The molecule has 1 aliphatic rings. The van der Waals surface area contributed by atoms with Crippen LogP contribution in [0.2, 0.25) is 0 Å². The van der Waals surface area contributed by atoms with Crippen molar-refractivity contribution in [2.45, 2.75) is 19.6 Å². The molecule has 2 radical (unpaired) electrons. The lowest BCUT2D eigenvalue weighted by Gasteiger charge is -2.18. The van der Waals surface area contributed by atoms with Crippen LogP contribution in [0.15, 0.2) is 85.2 Å². The summed E-state index contributed by atoms with van der Waals surface area (Å²) in [7, 11) is 0. The first-order valence-corrected chi connectivity index (χ1v) is 9.58. The van der Waals surface area contributed by atoms with E-state index in [4.69, 9.17) is 0 Å². The van der Waals surface area contributed by atoms with E-state index in [9.17, 15) is 0 Å². The van der Waals surface area contributed by atoms with Gasteiger partial charge < -0.3 is 9.80 Å². The molecule has 0 atom stereocenters. The predicted octanol–water partition coefficient (Wildman–Crippen LogP) is 3.74. The number of hydrogen-bond donors (Lipinski definition) is 0. The molecule has 5 rings (SSSR count). The van der Waals surface area contributed by atoms with Crippen LogP contribution >= 0.6 is 0 Å². The van der Waals surface area contributed by atoms with Gasteiger partial charge in [0.25, 0.3) is 0 Å². The highest BCUT2D eigenvalue weighted by Gasteiger charge is 2.28. The van der Waals surface area contributed by atoms with Gasteiger partial charge in [0.15, 0.2) is 0 Å². The van der Waals surface area contributed by atoms with E-state index in [1.165, 1.54) is 5.56 Å². The van der Waals surface area contributed by atoms with Gasteiger partial charge in [-0.15, -0.1) is 5.10 Å². The molecule has 29 heavy (non-hydrogen) atoms. The molecule has 0 unspecified atom stereocenters. The van der Waals surface area contributed by atoms with Crippen molar-refractivity contribution in [1.29, 1.82) is 0 Å². The van der Waals surface area contributed by atoms with Crippen molar-refractivity contribution in [2.75, 3.05) is 9.80 Å². The zero-order valence-electron chi connectivity index (χ0n) is 15.9. The number of nitrogens with zero attached hydrogens (tertiary/aromatic N) is 6. The van der Waals surface area contributed by atoms with E-state index in [-0.39, 0.29) is 0 Å². The first kappa shape index (κ1) is 17.4. The van der Waals surface area contributed by atoms with Crippen molar-refractivity contribution < 1.29 is 0 Å². The van der Waals surface area contributed by atoms with E-state index in [1.807, 2.05) is 65.6 Å². The smallest absolute Gasteiger partial charge is 0.209 e. The normalized spacial score (nSPS) is 13.0. The first-order chi connectivity index (χ1) is 14.3. The maximum absolute atomic E-state index is 4.44. The Balaban J connectivity index is 1.31. The molecule has 0 aliphatic carbocycles. The van der Waals surface area contributed by atoms with Crippen molar-refractivity contribution in [3.05, 3.63) is 109 Å². The van der Waals surface area contributed by atoms with Gasteiger partial charge in [0.2, 0.25) is 6.67 Å². The van der Waals surface area contributed by atoms with Crippen molar-refractivity contribution in [2.24, 2.45) is 0 Å². The monoisotopic (exact) mass is 380 g/mol. The summed E-state index contributed by atoms with van der Waals surface area (Å²) >= 11 is 0. The molecule has 142 valence electrons. The molecule has 0 amide bonds. The van der Waals surface area contributed by atoms with E-state index < -0.39 is 0 Å². The van der Waals surface area contributed by atoms with Gasteiger partial charge in [0.1, 0.15) is 5.69 Å². The average Bonchev–Trinajstić information content (AvgIpc) is 3.35. The van der Waals surface area contributed by atoms with E-state index in [0.717, 1.165) is 22.8 Å². The average molecular weight is 380 g/mol. The third-order valence-corrected chi connectivity index (χ3v) is 4.84. The fourth-order valence-corrected chi connectivity index (χ4v) is 3.49. The standard InChI is InChI=1S/C23H20N6/c1-2-8-19(9-3-1)14-29-17-21(25-26-29)16-28-18-27(15-20-10-6-7-13-24-20)22-11-4-5-12-23(22)28/h1-13,17H,14-16H2. The van der Waals surface area contributed by atoms with Crippen LogP contribution in [-0.2, 0) is 19.6 Å². The minimum atomic E-state index is 0.616. The molecule has 6 nitrogen and oxygen atoms in total. The van der Waals surface area contributed by atoms with E-state index in [1.54, 1.807) is 0 Å². The van der Waals surface area contributed by atoms with E-state index in [0.29, 0.717) is 19.6 Å². The molecule has 6 heteroatoms. The molecule has 0 spiro atoms. The number of anilines is 2. The number of aromatic nitrogens is 4. The Morgan fingerprint density at radius 3 is 2.10 bits per heavy atom. The Bertz CT molecular complexity index is 1080. The number of hydrogen-bond acceptors (Lipinski definition) is 5. The Hall–Kier alpha value is -3.67. The van der Waals surface area contributed by atoms with E-state index in [2.05, 4.69) is 56.0 Å². The van der Waals surface area contributed by atoms with Crippen LogP contribution in [0.3, 0.4) is 0 Å². The number of pyridine rings is 1. The minimum absolute atomic E-state index is 0.616. The summed E-state index contributed by atoms with van der Waals surface area (Å²) < 4.78 is 1.87. The summed E-state index contributed by atoms with van der Waals surface area (Å²) in [5.74, 6) is 0. The lowest BCUT2D eigenvalue weighted by molar-refractivity contribution is 0.649. The Labute approximate surface area is 170 Å². The van der Waals surface area contributed by atoms with Crippen molar-refractivity contribution in [3.8, 4) is 0 Å². The predicted molar refractivity (Wildman–Crippen MR) is 112 cm³/mol. The highest BCUT2D eigenvalue weighted by atomic mass is 15.4. The van der Waals surface area contributed by atoms with Gasteiger partial charge in [0, 0.05) is 6.20 Å². The summed E-state index contributed by atoms with van der Waals surface area (Å²) in [6.07, 6.45) is 3.82. The highest BCUT2D eigenvalue weighted by Crippen LogP contribution is 2.39. The molecule has 0 N–H and O–H groups in total. The topological polar surface area (TPSA) is 50.1 Å². The Morgan fingerprint density at radius 2 is 1.38 bits per heavy atom. The lowest BCUT2D eigenvalue weighted by atomic mass is 10.2. The van der Waals surface area contributed by atoms with Crippen LogP contribution in [0.5, 0.6) is 0 Å². The largest absolute Gasteiger partial charge is 0.334 e. The summed E-state index contributed by atoms with van der Waals surface area (Å²) in [5, 5.41) is 8.64. The molecule has 2 aromatic heterocycles. The zero-order valence-corrected chi connectivity index (χ0v) is 15.9. The van der Waals surface area contributed by atoms with Crippen LogP contribution in [0, 0.1) is 6.67 Å². The highest BCUT2D eigenvalue weighted by molar-refractivity contribution is 5.78. The van der Waals surface area contributed by atoms with Gasteiger partial charge in [-0.3, -0.25) is 4.98 Å². The lowest BCUT2D eigenvalue weighted by Crippen LogP contribution is -2.24. The number of fused-ring (bicyclic) bond motifs is 1. The second-order valence-corrected chi connectivity index (χ2v) is 6.98. The fraction of sp³-hybridized carbons (Fsp3) is 0.130. The van der Waals surface area contributed by atoms with Crippen LogP contribution < -0.4 is 9.80 Å². The van der Waals surface area contributed by atoms with Crippen LogP contribution in [0.25, 0.3) is 0 Å². The van der Waals surface area contributed by atoms with Gasteiger partial charge in [-0.25, -0.2) is 4.68 Å². The summed E-state index contributed by atoms with van der Waals surface area (Å²) in [4.78, 5) is 8.64. The van der Waals surface area contributed by atoms with Gasteiger partial charge in [-0.2, -0.15) is 0 Å². The molecular formula is C23H20N6. The second-order valence-electron chi connectivity index (χ2n) is 6.98. The third-order valence-electron chi connectivity index (χ3n) is 4.84. The number of benzene rings is 2. The summed E-state index contributed by atoms with van der Waals surface area (Å²) in [6, 6.07) is 24.5. The van der Waals surface area contributed by atoms with Crippen LogP contribution in [0.4, 0.5) is 11.4 Å². The van der Waals surface area contributed by atoms with E-state index >= 15 is 0 Å². The molecule has 0 saturated heterocycles. The minimum Gasteiger partial charge on any atom is -0.334 e.